The van der Waals surface area contributed by atoms with Crippen LogP contribution in [-0.4, -0.2) is 9.55 Å². The van der Waals surface area contributed by atoms with Crippen molar-refractivity contribution in [2.45, 2.75) is 25.3 Å². The van der Waals surface area contributed by atoms with Crippen LogP contribution in [0.4, 0.5) is 0 Å². The predicted molar refractivity (Wildman–Crippen MR) is 92.0 cm³/mol. The van der Waals surface area contributed by atoms with E-state index in [0.29, 0.717) is 5.02 Å². The molecule has 0 aliphatic rings. The number of thiophene rings is 1. The van der Waals surface area contributed by atoms with Crippen molar-refractivity contribution < 1.29 is 0 Å². The number of aromatic nitrogens is 2. The summed E-state index contributed by atoms with van der Waals surface area (Å²) in [6, 6.07) is 9.80. The average Bonchev–Trinajstić information content (AvgIpc) is 3.01. The number of hydrogen-bond acceptors (Lipinski definition) is 2. The van der Waals surface area contributed by atoms with Crippen molar-refractivity contribution in [3.8, 4) is 0 Å². The standard InChI is InChI=1S/C15H13Cl3N2S/c1-9(16)15-19-14-11(17)3-2-4-12(14)20(15)8-7-10-5-6-13(18)21-10/h2-6,9H,7-8H2,1H3. The van der Waals surface area contributed by atoms with Crippen molar-refractivity contribution in [1.82, 2.24) is 9.55 Å². The summed E-state index contributed by atoms with van der Waals surface area (Å²) in [7, 11) is 0. The molecule has 0 saturated heterocycles. The fourth-order valence-corrected chi connectivity index (χ4v) is 3.83. The van der Waals surface area contributed by atoms with Crippen LogP contribution in [0.1, 0.15) is 23.0 Å². The van der Waals surface area contributed by atoms with Gasteiger partial charge in [0.15, 0.2) is 0 Å². The van der Waals surface area contributed by atoms with Gasteiger partial charge in [-0.15, -0.1) is 22.9 Å². The molecule has 0 spiro atoms. The van der Waals surface area contributed by atoms with Crippen LogP contribution < -0.4 is 0 Å². The molecule has 110 valence electrons. The number of nitrogens with zero attached hydrogens (tertiary/aromatic N) is 2. The zero-order valence-electron chi connectivity index (χ0n) is 11.3. The van der Waals surface area contributed by atoms with Crippen LogP contribution in [0, 0.1) is 0 Å². The van der Waals surface area contributed by atoms with Crippen LogP contribution in [0.3, 0.4) is 0 Å². The van der Waals surface area contributed by atoms with Gasteiger partial charge in [0.2, 0.25) is 0 Å². The van der Waals surface area contributed by atoms with Gasteiger partial charge in [0.25, 0.3) is 0 Å². The summed E-state index contributed by atoms with van der Waals surface area (Å²) in [6.45, 7) is 2.73. The molecule has 0 bridgehead atoms. The second-order valence-corrected chi connectivity index (χ2v) is 7.66. The van der Waals surface area contributed by atoms with Crippen LogP contribution >= 0.6 is 46.1 Å². The number of rotatable bonds is 4. The SMILES string of the molecule is CC(Cl)c1nc2c(Cl)cccc2n1CCc1ccc(Cl)s1. The lowest BCUT2D eigenvalue weighted by atomic mass is 10.3. The molecule has 1 atom stereocenters. The number of hydrogen-bond donors (Lipinski definition) is 0. The normalized spacial score (nSPS) is 13.0. The fourth-order valence-electron chi connectivity index (χ4n) is 2.38. The van der Waals surface area contributed by atoms with Gasteiger partial charge in [0.05, 0.1) is 20.3 Å². The number of benzene rings is 1. The van der Waals surface area contributed by atoms with Crippen LogP contribution in [0.2, 0.25) is 9.36 Å². The van der Waals surface area contributed by atoms with Gasteiger partial charge in [-0.2, -0.15) is 0 Å². The van der Waals surface area contributed by atoms with Gasteiger partial charge in [0.1, 0.15) is 11.3 Å². The molecule has 1 unspecified atom stereocenters. The van der Waals surface area contributed by atoms with Gasteiger partial charge in [-0.3, -0.25) is 0 Å². The van der Waals surface area contributed by atoms with E-state index in [9.17, 15) is 0 Å². The summed E-state index contributed by atoms with van der Waals surface area (Å²) in [4.78, 5) is 5.85. The van der Waals surface area contributed by atoms with Crippen LogP contribution in [0.5, 0.6) is 0 Å². The van der Waals surface area contributed by atoms with Gasteiger partial charge >= 0.3 is 0 Å². The Bertz CT molecular complexity index is 776. The molecule has 2 aromatic heterocycles. The molecule has 0 aliphatic heterocycles. The molecule has 0 N–H and O–H groups in total. The van der Waals surface area contributed by atoms with Crippen molar-refractivity contribution >= 4 is 57.2 Å². The first-order valence-corrected chi connectivity index (χ1v) is 8.60. The molecule has 6 heteroatoms. The third-order valence-corrected chi connectivity index (χ3v) is 5.12. The van der Waals surface area contributed by atoms with E-state index >= 15 is 0 Å². The lowest BCUT2D eigenvalue weighted by Crippen LogP contribution is -2.06. The highest BCUT2D eigenvalue weighted by Crippen LogP contribution is 2.29. The molecule has 3 rings (SSSR count). The molecule has 0 radical (unpaired) electrons. The zero-order chi connectivity index (χ0) is 15.0. The summed E-state index contributed by atoms with van der Waals surface area (Å²) >= 11 is 20.1. The van der Waals surface area contributed by atoms with Gasteiger partial charge in [-0.25, -0.2) is 4.98 Å². The topological polar surface area (TPSA) is 17.8 Å². The summed E-state index contributed by atoms with van der Waals surface area (Å²) in [5.74, 6) is 0.849. The Morgan fingerprint density at radius 2 is 2.05 bits per heavy atom. The minimum absolute atomic E-state index is 0.166. The number of fused-ring (bicyclic) bond motifs is 1. The van der Waals surface area contributed by atoms with Gasteiger partial charge in [0, 0.05) is 11.4 Å². The van der Waals surface area contributed by atoms with Crippen molar-refractivity contribution in [3.05, 3.63) is 50.4 Å². The van der Waals surface area contributed by atoms with E-state index in [2.05, 4.69) is 15.6 Å². The maximum atomic E-state index is 6.27. The summed E-state index contributed by atoms with van der Waals surface area (Å²) in [5.41, 5.74) is 1.83. The minimum atomic E-state index is -0.166. The fraction of sp³-hybridized carbons (Fsp3) is 0.267. The Balaban J connectivity index is 1.99. The lowest BCUT2D eigenvalue weighted by molar-refractivity contribution is 0.672. The maximum Gasteiger partial charge on any atom is 0.127 e. The Kier molecular flexibility index (Phi) is 4.46. The molecule has 3 aromatic rings. The first-order valence-electron chi connectivity index (χ1n) is 6.59. The number of alkyl halides is 1. The number of para-hydroxylation sites is 1. The zero-order valence-corrected chi connectivity index (χ0v) is 14.4. The molecular weight excluding hydrogens is 347 g/mol. The molecular formula is C15H13Cl3N2S. The van der Waals surface area contributed by atoms with Crippen LogP contribution in [0.15, 0.2) is 30.3 Å². The van der Waals surface area contributed by atoms with E-state index in [0.717, 1.165) is 34.2 Å². The molecule has 0 fully saturated rings. The highest BCUT2D eigenvalue weighted by molar-refractivity contribution is 7.16. The quantitative estimate of drug-likeness (QED) is 0.526. The summed E-state index contributed by atoms with van der Waals surface area (Å²) in [5, 5.41) is 0.490. The Morgan fingerprint density at radius 1 is 1.24 bits per heavy atom. The largest absolute Gasteiger partial charge is 0.326 e. The summed E-state index contributed by atoms with van der Waals surface area (Å²) < 4.78 is 2.96. The number of aryl methyl sites for hydroxylation is 2. The first-order chi connectivity index (χ1) is 10.1. The molecule has 2 nitrogen and oxygen atoms in total. The second kappa shape index (κ2) is 6.17. The smallest absolute Gasteiger partial charge is 0.127 e. The number of imidazole rings is 1. The van der Waals surface area contributed by atoms with Gasteiger partial charge in [-0.1, -0.05) is 29.3 Å². The maximum absolute atomic E-state index is 6.27. The Labute approximate surface area is 142 Å². The highest BCUT2D eigenvalue weighted by Gasteiger charge is 2.16. The number of halogens is 3. The van der Waals surface area contributed by atoms with E-state index in [1.165, 1.54) is 4.88 Å². The third-order valence-electron chi connectivity index (χ3n) is 3.33. The average molecular weight is 360 g/mol. The van der Waals surface area contributed by atoms with E-state index in [1.54, 1.807) is 11.3 Å². The van der Waals surface area contributed by atoms with Crippen molar-refractivity contribution in [3.63, 3.8) is 0 Å². The third kappa shape index (κ3) is 3.07. The van der Waals surface area contributed by atoms with E-state index in [4.69, 9.17) is 34.8 Å². The van der Waals surface area contributed by atoms with E-state index in [-0.39, 0.29) is 5.38 Å². The molecule has 0 aliphatic carbocycles. The second-order valence-electron chi connectivity index (χ2n) is 4.80. The van der Waals surface area contributed by atoms with Gasteiger partial charge in [-0.05, 0) is 37.6 Å². The molecule has 0 saturated carbocycles. The van der Waals surface area contributed by atoms with E-state index < -0.39 is 0 Å². The lowest BCUT2D eigenvalue weighted by Gasteiger charge is -2.09. The van der Waals surface area contributed by atoms with Crippen molar-refractivity contribution in [2.75, 3.05) is 0 Å². The van der Waals surface area contributed by atoms with Gasteiger partial charge < -0.3 is 4.57 Å². The molecule has 0 amide bonds. The Hall–Kier alpha value is -0.740. The molecule has 2 heterocycles. The predicted octanol–water partition coefficient (Wildman–Crippen LogP) is 5.95. The van der Waals surface area contributed by atoms with Crippen LogP contribution in [-0.2, 0) is 13.0 Å². The Morgan fingerprint density at radius 3 is 2.71 bits per heavy atom. The minimum Gasteiger partial charge on any atom is -0.326 e. The molecule has 1 aromatic carbocycles. The monoisotopic (exact) mass is 358 g/mol. The first kappa shape index (κ1) is 15.2. The van der Waals surface area contributed by atoms with Crippen molar-refractivity contribution in [1.29, 1.82) is 0 Å². The van der Waals surface area contributed by atoms with Crippen LogP contribution in [0.25, 0.3) is 11.0 Å². The van der Waals surface area contributed by atoms with E-state index in [1.807, 2.05) is 31.2 Å². The summed E-state index contributed by atoms with van der Waals surface area (Å²) in [6.07, 6.45) is 0.895. The molecule has 21 heavy (non-hydrogen) atoms. The van der Waals surface area contributed by atoms with Crippen molar-refractivity contribution in [2.24, 2.45) is 0 Å². The highest BCUT2D eigenvalue weighted by atomic mass is 35.5.